The average Bonchev–Trinajstić information content (AvgIpc) is 2.32. The van der Waals surface area contributed by atoms with Crippen LogP contribution in [-0.4, -0.2) is 48.9 Å². The highest BCUT2D eigenvalue weighted by atomic mass is 32.2. The van der Waals surface area contributed by atoms with Gasteiger partial charge in [0, 0.05) is 13.1 Å². The molecule has 18 heavy (non-hydrogen) atoms. The fourth-order valence-corrected chi connectivity index (χ4v) is 2.77. The Kier molecular flexibility index (Phi) is 3.46. The second kappa shape index (κ2) is 4.89. The summed E-state index contributed by atoms with van der Waals surface area (Å²) >= 11 is 0. The van der Waals surface area contributed by atoms with Crippen molar-refractivity contribution in [2.45, 2.75) is 0 Å². The molecule has 2 heterocycles. The maximum Gasteiger partial charge on any atom is 0.321 e. The lowest BCUT2D eigenvalue weighted by Gasteiger charge is -2.26. The number of aromatic nitrogens is 1. The van der Waals surface area contributed by atoms with Crippen LogP contribution in [0.25, 0.3) is 0 Å². The van der Waals surface area contributed by atoms with Crippen molar-refractivity contribution in [2.24, 2.45) is 0 Å². The number of amides is 2. The number of nitrogens with one attached hydrogen (secondary N) is 1. The minimum atomic E-state index is -3.01. The molecule has 1 fully saturated rings. The molecule has 98 valence electrons. The van der Waals surface area contributed by atoms with Crippen LogP contribution in [0.1, 0.15) is 0 Å². The zero-order valence-corrected chi connectivity index (χ0v) is 10.3. The van der Waals surface area contributed by atoms with Crippen LogP contribution in [0.2, 0.25) is 0 Å². The molecule has 6 nitrogen and oxygen atoms in total. The van der Waals surface area contributed by atoms with Crippen molar-refractivity contribution in [1.29, 1.82) is 0 Å². The molecule has 0 unspecified atom stereocenters. The predicted molar refractivity (Wildman–Crippen MR) is 63.4 cm³/mol. The average molecular weight is 273 g/mol. The normalized spacial score (nSPS) is 18.4. The summed E-state index contributed by atoms with van der Waals surface area (Å²) in [6.07, 6.45) is 1.20. The van der Waals surface area contributed by atoms with Crippen molar-refractivity contribution in [3.63, 3.8) is 0 Å². The van der Waals surface area contributed by atoms with Crippen LogP contribution in [0.3, 0.4) is 0 Å². The zero-order chi connectivity index (χ0) is 13.2. The highest BCUT2D eigenvalue weighted by Gasteiger charge is 2.24. The van der Waals surface area contributed by atoms with Gasteiger partial charge in [-0.05, 0) is 12.1 Å². The minimum absolute atomic E-state index is 0.0257. The van der Waals surface area contributed by atoms with Crippen LogP contribution in [0.15, 0.2) is 18.3 Å². The van der Waals surface area contributed by atoms with Gasteiger partial charge in [0.1, 0.15) is 0 Å². The number of carbonyl (C=O) groups excluding carboxylic acids is 1. The molecule has 2 rings (SSSR count). The van der Waals surface area contributed by atoms with Gasteiger partial charge in [0.2, 0.25) is 5.95 Å². The Morgan fingerprint density at radius 3 is 2.56 bits per heavy atom. The number of anilines is 1. The van der Waals surface area contributed by atoms with Gasteiger partial charge in [-0.2, -0.15) is 4.39 Å². The number of hydrogen-bond acceptors (Lipinski definition) is 4. The number of hydrogen-bond donors (Lipinski definition) is 1. The van der Waals surface area contributed by atoms with Gasteiger partial charge in [-0.1, -0.05) is 0 Å². The van der Waals surface area contributed by atoms with Crippen LogP contribution in [0.5, 0.6) is 0 Å². The minimum Gasteiger partial charge on any atom is -0.322 e. The van der Waals surface area contributed by atoms with Gasteiger partial charge in [-0.15, -0.1) is 0 Å². The molecule has 1 aliphatic rings. The van der Waals surface area contributed by atoms with Gasteiger partial charge in [0.15, 0.2) is 9.84 Å². The zero-order valence-electron chi connectivity index (χ0n) is 9.47. The van der Waals surface area contributed by atoms with Crippen LogP contribution in [-0.2, 0) is 9.84 Å². The summed E-state index contributed by atoms with van der Waals surface area (Å²) in [6.45, 7) is 0.339. The number of carbonyl (C=O) groups is 1. The van der Waals surface area contributed by atoms with Crippen molar-refractivity contribution < 1.29 is 17.6 Å². The largest absolute Gasteiger partial charge is 0.322 e. The van der Waals surface area contributed by atoms with E-state index in [-0.39, 0.29) is 24.6 Å². The van der Waals surface area contributed by atoms with Crippen molar-refractivity contribution in [1.82, 2.24) is 9.88 Å². The molecule has 0 saturated carbocycles. The van der Waals surface area contributed by atoms with Crippen molar-refractivity contribution in [3.05, 3.63) is 24.3 Å². The number of nitrogens with zero attached hydrogens (tertiary/aromatic N) is 2. The molecule has 0 spiro atoms. The quantitative estimate of drug-likeness (QED) is 0.755. The molecule has 1 N–H and O–H groups in total. The van der Waals surface area contributed by atoms with E-state index in [0.29, 0.717) is 5.69 Å². The summed E-state index contributed by atoms with van der Waals surface area (Å²) in [6, 6.07) is 2.12. The summed E-state index contributed by atoms with van der Waals surface area (Å²) in [7, 11) is -3.01. The Morgan fingerprint density at radius 2 is 2.00 bits per heavy atom. The fraction of sp³-hybridized carbons (Fsp3) is 0.400. The summed E-state index contributed by atoms with van der Waals surface area (Å²) < 4.78 is 35.0. The van der Waals surface area contributed by atoms with Crippen LogP contribution in [0.4, 0.5) is 14.9 Å². The molecule has 1 aromatic heterocycles. The lowest BCUT2D eigenvalue weighted by molar-refractivity contribution is 0.216. The summed E-state index contributed by atoms with van der Waals surface area (Å²) in [5.41, 5.74) is 0.370. The number of halogens is 1. The van der Waals surface area contributed by atoms with E-state index in [1.807, 2.05) is 0 Å². The van der Waals surface area contributed by atoms with E-state index in [9.17, 15) is 17.6 Å². The summed E-state index contributed by atoms with van der Waals surface area (Å²) in [5, 5.41) is 2.53. The molecule has 1 aliphatic heterocycles. The maximum absolute atomic E-state index is 12.6. The fourth-order valence-electron chi connectivity index (χ4n) is 1.57. The molecule has 1 saturated heterocycles. The maximum atomic E-state index is 12.6. The third-order valence-corrected chi connectivity index (χ3v) is 4.22. The predicted octanol–water partition coefficient (Wildman–Crippen LogP) is 0.483. The Labute approximate surface area is 104 Å². The lowest BCUT2D eigenvalue weighted by Crippen LogP contribution is -2.45. The number of rotatable bonds is 1. The van der Waals surface area contributed by atoms with E-state index in [0.717, 1.165) is 6.07 Å². The molecule has 1 aromatic rings. The standard InChI is InChI=1S/C10H12FN3O3S/c11-9-2-1-8(7-12-9)13-10(15)14-3-5-18(16,17)6-4-14/h1-2,7H,3-6H2,(H,13,15). The van der Waals surface area contributed by atoms with Crippen molar-refractivity contribution in [3.8, 4) is 0 Å². The highest BCUT2D eigenvalue weighted by Crippen LogP contribution is 2.09. The second-order valence-corrected chi connectivity index (χ2v) is 6.24. The summed E-state index contributed by atoms with van der Waals surface area (Å²) in [4.78, 5) is 16.6. The lowest BCUT2D eigenvalue weighted by atomic mass is 10.4. The van der Waals surface area contributed by atoms with Gasteiger partial charge in [0.25, 0.3) is 0 Å². The SMILES string of the molecule is O=C(Nc1ccc(F)nc1)N1CCS(=O)(=O)CC1. The van der Waals surface area contributed by atoms with Crippen molar-refractivity contribution in [2.75, 3.05) is 29.9 Å². The van der Waals surface area contributed by atoms with Gasteiger partial charge in [-0.3, -0.25) is 0 Å². The topological polar surface area (TPSA) is 79.4 Å². The van der Waals surface area contributed by atoms with Gasteiger partial charge < -0.3 is 10.2 Å². The number of sulfone groups is 1. The van der Waals surface area contributed by atoms with Crippen LogP contribution < -0.4 is 5.32 Å². The van der Waals surface area contributed by atoms with E-state index >= 15 is 0 Å². The Balaban J connectivity index is 1.95. The Morgan fingerprint density at radius 1 is 1.33 bits per heavy atom. The molecule has 0 radical (unpaired) electrons. The van der Waals surface area contributed by atoms with Crippen molar-refractivity contribution >= 4 is 21.6 Å². The van der Waals surface area contributed by atoms with Gasteiger partial charge in [-0.25, -0.2) is 18.2 Å². The molecule has 0 bridgehead atoms. The molecule has 0 aromatic carbocycles. The first-order chi connectivity index (χ1) is 8.46. The molecular formula is C10H12FN3O3S. The Hall–Kier alpha value is -1.70. The third-order valence-electron chi connectivity index (χ3n) is 2.61. The first-order valence-corrected chi connectivity index (χ1v) is 7.16. The number of urea groups is 1. The molecule has 8 heteroatoms. The summed E-state index contributed by atoms with van der Waals surface area (Å²) in [5.74, 6) is -0.679. The monoisotopic (exact) mass is 273 g/mol. The van der Waals surface area contributed by atoms with E-state index in [4.69, 9.17) is 0 Å². The third kappa shape index (κ3) is 3.16. The molecular weight excluding hydrogens is 261 g/mol. The Bertz CT molecular complexity index is 530. The van der Waals surface area contributed by atoms with Crippen LogP contribution in [0, 0.1) is 5.95 Å². The first kappa shape index (κ1) is 12.7. The van der Waals surface area contributed by atoms with E-state index in [1.54, 1.807) is 0 Å². The molecule has 0 atom stereocenters. The molecule has 2 amide bonds. The van der Waals surface area contributed by atoms with E-state index in [1.165, 1.54) is 17.2 Å². The van der Waals surface area contributed by atoms with Gasteiger partial charge >= 0.3 is 6.03 Å². The van der Waals surface area contributed by atoms with Crippen LogP contribution >= 0.6 is 0 Å². The number of pyridine rings is 1. The van der Waals surface area contributed by atoms with Gasteiger partial charge in [0.05, 0.1) is 23.4 Å². The smallest absolute Gasteiger partial charge is 0.321 e. The second-order valence-electron chi connectivity index (χ2n) is 3.94. The molecule has 0 aliphatic carbocycles. The van der Waals surface area contributed by atoms with E-state index in [2.05, 4.69) is 10.3 Å². The first-order valence-electron chi connectivity index (χ1n) is 5.34. The highest BCUT2D eigenvalue weighted by molar-refractivity contribution is 7.91. The van der Waals surface area contributed by atoms with E-state index < -0.39 is 21.8 Å².